The molecule has 0 unspecified atom stereocenters. The predicted octanol–water partition coefficient (Wildman–Crippen LogP) is 1.34. The number of fused-ring (bicyclic) bond motifs is 1. The second-order valence-corrected chi connectivity index (χ2v) is 6.36. The summed E-state index contributed by atoms with van der Waals surface area (Å²) in [6.07, 6.45) is 0.631. The van der Waals surface area contributed by atoms with Crippen molar-refractivity contribution in [2.45, 2.75) is 51.0 Å². The highest BCUT2D eigenvalue weighted by Crippen LogP contribution is 2.44. The fourth-order valence-electron chi connectivity index (χ4n) is 3.24. The molecule has 5 nitrogen and oxygen atoms in total. The average molecular weight is 290 g/mol. The topological polar surface area (TPSA) is 75.8 Å². The van der Waals surface area contributed by atoms with E-state index in [1.54, 1.807) is 4.90 Å². The molecule has 21 heavy (non-hydrogen) atoms. The van der Waals surface area contributed by atoms with Crippen LogP contribution >= 0.6 is 0 Å². The van der Waals surface area contributed by atoms with E-state index in [2.05, 4.69) is 0 Å². The first-order valence-electron chi connectivity index (χ1n) is 7.43. The molecule has 0 spiro atoms. The van der Waals surface area contributed by atoms with Crippen LogP contribution in [0.4, 0.5) is 0 Å². The highest BCUT2D eigenvalue weighted by Gasteiger charge is 2.47. The number of nitrogens with two attached hydrogens (primary N) is 1. The standard InChI is InChI=1S/C16H22N2O3/c1-16(2)15(20)14(18-7-3-4-13(18)19)11-8-10(9-17)5-6-12(11)21-16/h5-6,8,14-15,20H,3-4,7,9,17H2,1-2H3/t14-,15+/m1/s1. The molecule has 1 saturated heterocycles. The number of aliphatic hydroxyl groups excluding tert-OH is 1. The van der Waals surface area contributed by atoms with Crippen LogP contribution in [0.1, 0.15) is 43.9 Å². The third-order valence-corrected chi connectivity index (χ3v) is 4.46. The fourth-order valence-corrected chi connectivity index (χ4v) is 3.24. The third kappa shape index (κ3) is 2.30. The van der Waals surface area contributed by atoms with E-state index < -0.39 is 11.7 Å². The highest BCUT2D eigenvalue weighted by atomic mass is 16.5. The van der Waals surface area contributed by atoms with Crippen molar-refractivity contribution in [3.63, 3.8) is 0 Å². The lowest BCUT2D eigenvalue weighted by atomic mass is 9.85. The summed E-state index contributed by atoms with van der Waals surface area (Å²) in [5.74, 6) is 0.827. The van der Waals surface area contributed by atoms with E-state index in [1.807, 2.05) is 32.0 Å². The zero-order chi connectivity index (χ0) is 15.2. The summed E-state index contributed by atoms with van der Waals surface area (Å²) < 4.78 is 5.93. The Morgan fingerprint density at radius 2 is 2.24 bits per heavy atom. The molecule has 1 amide bonds. The Morgan fingerprint density at radius 1 is 1.48 bits per heavy atom. The van der Waals surface area contributed by atoms with Gasteiger partial charge in [0, 0.05) is 25.1 Å². The number of hydrogen-bond donors (Lipinski definition) is 2. The monoisotopic (exact) mass is 290 g/mol. The van der Waals surface area contributed by atoms with E-state index in [-0.39, 0.29) is 11.9 Å². The van der Waals surface area contributed by atoms with Crippen LogP contribution < -0.4 is 10.5 Å². The van der Waals surface area contributed by atoms with Gasteiger partial charge in [-0.05, 0) is 38.0 Å². The third-order valence-electron chi connectivity index (χ3n) is 4.46. The molecule has 2 atom stereocenters. The van der Waals surface area contributed by atoms with Crippen molar-refractivity contribution in [2.24, 2.45) is 5.73 Å². The Labute approximate surface area is 124 Å². The summed E-state index contributed by atoms with van der Waals surface area (Å²) in [5.41, 5.74) is 6.82. The lowest BCUT2D eigenvalue weighted by Gasteiger charge is -2.45. The van der Waals surface area contributed by atoms with Gasteiger partial charge >= 0.3 is 0 Å². The molecule has 2 aliphatic heterocycles. The van der Waals surface area contributed by atoms with Gasteiger partial charge in [0.15, 0.2) is 0 Å². The molecule has 3 rings (SSSR count). The molecule has 0 radical (unpaired) electrons. The summed E-state index contributed by atoms with van der Waals surface area (Å²) in [5, 5.41) is 10.7. The van der Waals surface area contributed by atoms with Crippen molar-refractivity contribution in [3.8, 4) is 5.75 Å². The molecule has 1 aromatic rings. The second kappa shape index (κ2) is 5.00. The summed E-state index contributed by atoms with van der Waals surface area (Å²) >= 11 is 0. The molecule has 0 aromatic heterocycles. The molecule has 114 valence electrons. The molecule has 0 aliphatic carbocycles. The number of carbonyl (C=O) groups is 1. The first-order valence-corrected chi connectivity index (χ1v) is 7.43. The SMILES string of the molecule is CC1(C)Oc2ccc(CN)cc2[C@@H](N2CCCC2=O)[C@@H]1O. The minimum absolute atomic E-state index is 0.0980. The van der Waals surface area contributed by atoms with E-state index in [9.17, 15) is 9.90 Å². The molecule has 0 saturated carbocycles. The van der Waals surface area contributed by atoms with Crippen LogP contribution in [0.25, 0.3) is 0 Å². The molecule has 0 bridgehead atoms. The van der Waals surface area contributed by atoms with Crippen molar-refractivity contribution in [1.29, 1.82) is 0 Å². The van der Waals surface area contributed by atoms with Gasteiger partial charge in [0.2, 0.25) is 5.91 Å². The summed E-state index contributed by atoms with van der Waals surface area (Å²) in [7, 11) is 0. The van der Waals surface area contributed by atoms with Gasteiger partial charge in [0.05, 0.1) is 6.04 Å². The normalized spacial score (nSPS) is 27.4. The lowest BCUT2D eigenvalue weighted by molar-refractivity contribution is -0.139. The van der Waals surface area contributed by atoms with Gasteiger partial charge in [-0.3, -0.25) is 4.79 Å². The number of amides is 1. The van der Waals surface area contributed by atoms with Crippen LogP contribution in [0.5, 0.6) is 5.75 Å². The summed E-state index contributed by atoms with van der Waals surface area (Å²) in [6, 6.07) is 5.41. The number of nitrogens with zero attached hydrogens (tertiary/aromatic N) is 1. The largest absolute Gasteiger partial charge is 0.485 e. The van der Waals surface area contributed by atoms with Gasteiger partial charge in [0.1, 0.15) is 17.5 Å². The number of benzene rings is 1. The lowest BCUT2D eigenvalue weighted by Crippen LogP contribution is -2.53. The van der Waals surface area contributed by atoms with Crippen molar-refractivity contribution in [1.82, 2.24) is 4.90 Å². The number of hydrogen-bond acceptors (Lipinski definition) is 4. The molecular weight excluding hydrogens is 268 g/mol. The zero-order valence-electron chi connectivity index (χ0n) is 12.5. The van der Waals surface area contributed by atoms with Gasteiger partial charge < -0.3 is 20.5 Å². The van der Waals surface area contributed by atoms with E-state index >= 15 is 0 Å². The van der Waals surface area contributed by atoms with Crippen molar-refractivity contribution in [3.05, 3.63) is 29.3 Å². The van der Waals surface area contributed by atoms with E-state index in [1.165, 1.54) is 0 Å². The number of ether oxygens (including phenoxy) is 1. The minimum Gasteiger partial charge on any atom is -0.485 e. The van der Waals surface area contributed by atoms with Crippen molar-refractivity contribution < 1.29 is 14.6 Å². The molecular formula is C16H22N2O3. The van der Waals surface area contributed by atoms with Gasteiger partial charge in [0.25, 0.3) is 0 Å². The van der Waals surface area contributed by atoms with E-state index in [0.717, 1.165) is 23.3 Å². The Hall–Kier alpha value is -1.59. The molecule has 1 aromatic carbocycles. The predicted molar refractivity (Wildman–Crippen MR) is 78.7 cm³/mol. The number of likely N-dealkylation sites (tertiary alicyclic amines) is 1. The van der Waals surface area contributed by atoms with Crippen LogP contribution in [0.2, 0.25) is 0 Å². The quantitative estimate of drug-likeness (QED) is 0.862. The maximum Gasteiger partial charge on any atom is 0.223 e. The molecule has 3 N–H and O–H groups in total. The van der Waals surface area contributed by atoms with Crippen molar-refractivity contribution >= 4 is 5.91 Å². The maximum absolute atomic E-state index is 12.1. The number of rotatable bonds is 2. The Bertz CT molecular complexity index is 571. The minimum atomic E-state index is -0.764. The number of carbonyl (C=O) groups excluding carboxylic acids is 1. The van der Waals surface area contributed by atoms with Gasteiger partial charge in [-0.25, -0.2) is 0 Å². The summed E-state index contributed by atoms with van der Waals surface area (Å²) in [4.78, 5) is 13.9. The maximum atomic E-state index is 12.1. The smallest absolute Gasteiger partial charge is 0.223 e. The highest BCUT2D eigenvalue weighted by molar-refractivity contribution is 5.79. The van der Waals surface area contributed by atoms with E-state index in [0.29, 0.717) is 19.5 Å². The van der Waals surface area contributed by atoms with Crippen molar-refractivity contribution in [2.75, 3.05) is 6.54 Å². The van der Waals surface area contributed by atoms with Crippen LogP contribution in [-0.4, -0.2) is 34.2 Å². The molecule has 1 fully saturated rings. The van der Waals surface area contributed by atoms with Gasteiger partial charge in [-0.15, -0.1) is 0 Å². The van der Waals surface area contributed by atoms with Crippen LogP contribution in [-0.2, 0) is 11.3 Å². The van der Waals surface area contributed by atoms with Crippen LogP contribution in [0.3, 0.4) is 0 Å². The number of aliphatic hydroxyl groups is 1. The Kier molecular flexibility index (Phi) is 3.42. The molecule has 5 heteroatoms. The molecule has 2 heterocycles. The Morgan fingerprint density at radius 3 is 2.86 bits per heavy atom. The first kappa shape index (κ1) is 14.4. The van der Waals surface area contributed by atoms with Gasteiger partial charge in [-0.1, -0.05) is 6.07 Å². The average Bonchev–Trinajstić information content (AvgIpc) is 2.86. The van der Waals surface area contributed by atoms with E-state index in [4.69, 9.17) is 10.5 Å². The first-order chi connectivity index (χ1) is 9.94. The summed E-state index contributed by atoms with van der Waals surface area (Å²) in [6.45, 7) is 4.81. The van der Waals surface area contributed by atoms with Crippen LogP contribution in [0, 0.1) is 0 Å². The Balaban J connectivity index is 2.10. The fraction of sp³-hybridized carbons (Fsp3) is 0.562. The van der Waals surface area contributed by atoms with Crippen LogP contribution in [0.15, 0.2) is 18.2 Å². The second-order valence-electron chi connectivity index (χ2n) is 6.36. The zero-order valence-corrected chi connectivity index (χ0v) is 12.5. The molecule has 2 aliphatic rings. The van der Waals surface area contributed by atoms with Gasteiger partial charge in [-0.2, -0.15) is 0 Å².